The molecule has 2 rings (SSSR count). The summed E-state index contributed by atoms with van der Waals surface area (Å²) < 4.78 is 33.5. The van der Waals surface area contributed by atoms with Crippen LogP contribution in [0.5, 0.6) is 5.75 Å². The molecule has 0 amide bonds. The Kier molecular flexibility index (Phi) is 4.76. The van der Waals surface area contributed by atoms with Crippen LogP contribution in [0.4, 0.5) is 0 Å². The van der Waals surface area contributed by atoms with Crippen LogP contribution < -0.4 is 4.74 Å². The summed E-state index contributed by atoms with van der Waals surface area (Å²) in [5, 5.41) is 0. The molecule has 0 N–H and O–H groups in total. The van der Waals surface area contributed by atoms with E-state index in [4.69, 9.17) is 4.74 Å². The maximum Gasteiger partial charge on any atom is 0.247 e. The highest BCUT2D eigenvalue weighted by Gasteiger charge is 2.37. The second-order valence-corrected chi connectivity index (χ2v) is 7.99. The SMILES string of the molecule is COc1ccc(Br)cc1S(=O)(=O)N1[C@H](C)CCC[C@@H]1C. The van der Waals surface area contributed by atoms with Crippen LogP contribution in [0.3, 0.4) is 0 Å². The molecule has 1 aliphatic rings. The number of hydrogen-bond acceptors (Lipinski definition) is 3. The maximum absolute atomic E-state index is 13.0. The van der Waals surface area contributed by atoms with Crippen LogP contribution in [0.1, 0.15) is 33.1 Å². The van der Waals surface area contributed by atoms with Gasteiger partial charge in [0.05, 0.1) is 7.11 Å². The molecule has 6 heteroatoms. The molecule has 112 valence electrons. The van der Waals surface area contributed by atoms with E-state index in [-0.39, 0.29) is 17.0 Å². The highest BCUT2D eigenvalue weighted by Crippen LogP contribution is 2.34. The van der Waals surface area contributed by atoms with Crippen LogP contribution in [-0.2, 0) is 10.0 Å². The summed E-state index contributed by atoms with van der Waals surface area (Å²) in [7, 11) is -2.06. The molecule has 1 saturated heterocycles. The summed E-state index contributed by atoms with van der Waals surface area (Å²) in [6, 6.07) is 5.11. The first-order valence-electron chi connectivity index (χ1n) is 6.75. The molecule has 20 heavy (non-hydrogen) atoms. The Morgan fingerprint density at radius 1 is 1.25 bits per heavy atom. The van der Waals surface area contributed by atoms with E-state index in [0.29, 0.717) is 5.75 Å². The van der Waals surface area contributed by atoms with Gasteiger partial charge in [0.1, 0.15) is 10.6 Å². The summed E-state index contributed by atoms with van der Waals surface area (Å²) >= 11 is 3.33. The molecule has 0 bridgehead atoms. The van der Waals surface area contributed by atoms with Crippen molar-refractivity contribution in [3.8, 4) is 5.75 Å². The van der Waals surface area contributed by atoms with Crippen molar-refractivity contribution in [3.05, 3.63) is 22.7 Å². The van der Waals surface area contributed by atoms with Crippen LogP contribution in [0, 0.1) is 0 Å². The molecule has 0 aromatic heterocycles. The number of hydrogen-bond donors (Lipinski definition) is 0. The normalized spacial score (nSPS) is 24.6. The third-order valence-corrected chi connectivity index (χ3v) is 6.44. The molecule has 0 aliphatic carbocycles. The summed E-state index contributed by atoms with van der Waals surface area (Å²) in [4.78, 5) is 0.231. The largest absolute Gasteiger partial charge is 0.495 e. The molecular formula is C14H20BrNO3S. The number of halogens is 1. The lowest BCUT2D eigenvalue weighted by molar-refractivity contribution is 0.203. The minimum atomic E-state index is -3.55. The van der Waals surface area contributed by atoms with Crippen LogP contribution in [0.25, 0.3) is 0 Å². The van der Waals surface area contributed by atoms with Crippen LogP contribution in [-0.4, -0.2) is 31.9 Å². The summed E-state index contributed by atoms with van der Waals surface area (Å²) in [6.45, 7) is 3.94. The lowest BCUT2D eigenvalue weighted by atomic mass is 10.0. The van der Waals surface area contributed by atoms with E-state index in [0.717, 1.165) is 23.7 Å². The summed E-state index contributed by atoms with van der Waals surface area (Å²) in [5.41, 5.74) is 0. The number of benzene rings is 1. The molecule has 0 radical (unpaired) electrons. The van der Waals surface area contributed by atoms with Gasteiger partial charge in [-0.25, -0.2) is 8.42 Å². The van der Waals surface area contributed by atoms with Gasteiger partial charge in [-0.1, -0.05) is 22.4 Å². The lowest BCUT2D eigenvalue weighted by Crippen LogP contribution is -2.47. The molecule has 0 saturated carbocycles. The Balaban J connectivity index is 2.51. The Labute approximate surface area is 129 Å². The van der Waals surface area contributed by atoms with Gasteiger partial charge in [-0.15, -0.1) is 0 Å². The van der Waals surface area contributed by atoms with E-state index in [2.05, 4.69) is 15.9 Å². The van der Waals surface area contributed by atoms with E-state index in [1.165, 1.54) is 7.11 Å². The van der Waals surface area contributed by atoms with Gasteiger partial charge >= 0.3 is 0 Å². The van der Waals surface area contributed by atoms with Crippen LogP contribution in [0.15, 0.2) is 27.6 Å². The fraction of sp³-hybridized carbons (Fsp3) is 0.571. The Hall–Kier alpha value is -0.590. The van der Waals surface area contributed by atoms with Gasteiger partial charge in [-0.3, -0.25) is 0 Å². The zero-order valence-electron chi connectivity index (χ0n) is 12.0. The minimum absolute atomic E-state index is 0.0208. The highest BCUT2D eigenvalue weighted by molar-refractivity contribution is 9.10. The Morgan fingerprint density at radius 2 is 1.85 bits per heavy atom. The molecule has 0 spiro atoms. The third-order valence-electron chi connectivity index (χ3n) is 3.79. The summed E-state index contributed by atoms with van der Waals surface area (Å²) in [6.07, 6.45) is 2.88. The van der Waals surface area contributed by atoms with Crippen molar-refractivity contribution in [2.24, 2.45) is 0 Å². The molecule has 4 nitrogen and oxygen atoms in total. The first kappa shape index (κ1) is 15.8. The standard InChI is InChI=1S/C14H20BrNO3S/c1-10-5-4-6-11(2)16(10)20(17,18)14-9-12(15)7-8-13(14)19-3/h7-11H,4-6H2,1-3H3/t10-,11+. The molecule has 1 aliphatic heterocycles. The molecule has 1 aromatic rings. The molecule has 1 fully saturated rings. The fourth-order valence-electron chi connectivity index (χ4n) is 2.84. The monoisotopic (exact) mass is 361 g/mol. The van der Waals surface area contributed by atoms with Crippen molar-refractivity contribution < 1.29 is 13.2 Å². The van der Waals surface area contributed by atoms with Crippen molar-refractivity contribution in [2.75, 3.05) is 7.11 Å². The predicted octanol–water partition coefficient (Wildman–Crippen LogP) is 3.41. The smallest absolute Gasteiger partial charge is 0.247 e. The van der Waals surface area contributed by atoms with Gasteiger partial charge in [0.2, 0.25) is 10.0 Å². The van der Waals surface area contributed by atoms with E-state index >= 15 is 0 Å². The van der Waals surface area contributed by atoms with E-state index < -0.39 is 10.0 Å². The van der Waals surface area contributed by atoms with Gasteiger partial charge in [0, 0.05) is 16.6 Å². The first-order chi connectivity index (χ1) is 9.37. The number of nitrogens with zero attached hydrogens (tertiary/aromatic N) is 1. The van der Waals surface area contributed by atoms with Crippen molar-refractivity contribution in [1.82, 2.24) is 4.31 Å². The first-order valence-corrected chi connectivity index (χ1v) is 8.98. The van der Waals surface area contributed by atoms with E-state index in [1.54, 1.807) is 22.5 Å². The van der Waals surface area contributed by atoms with Crippen LogP contribution in [0.2, 0.25) is 0 Å². The van der Waals surface area contributed by atoms with Crippen molar-refractivity contribution >= 4 is 26.0 Å². The Bertz CT molecular complexity index is 578. The number of piperidine rings is 1. The molecule has 1 heterocycles. The average Bonchev–Trinajstić information content (AvgIpc) is 2.38. The quantitative estimate of drug-likeness (QED) is 0.828. The lowest BCUT2D eigenvalue weighted by Gasteiger charge is -2.37. The minimum Gasteiger partial charge on any atom is -0.495 e. The molecule has 0 unspecified atom stereocenters. The number of sulfonamides is 1. The van der Waals surface area contributed by atoms with Gasteiger partial charge in [-0.05, 0) is 44.9 Å². The van der Waals surface area contributed by atoms with E-state index in [9.17, 15) is 8.42 Å². The molecule has 1 aromatic carbocycles. The van der Waals surface area contributed by atoms with Crippen LogP contribution >= 0.6 is 15.9 Å². The molecular weight excluding hydrogens is 342 g/mol. The van der Waals surface area contributed by atoms with Gasteiger partial charge in [0.15, 0.2) is 0 Å². The Morgan fingerprint density at radius 3 is 2.40 bits per heavy atom. The number of ether oxygens (including phenoxy) is 1. The van der Waals surface area contributed by atoms with Crippen molar-refractivity contribution in [3.63, 3.8) is 0 Å². The van der Waals surface area contributed by atoms with Gasteiger partial charge in [-0.2, -0.15) is 4.31 Å². The highest BCUT2D eigenvalue weighted by atomic mass is 79.9. The maximum atomic E-state index is 13.0. The third kappa shape index (κ3) is 2.87. The number of methoxy groups -OCH3 is 1. The predicted molar refractivity (Wildman–Crippen MR) is 82.5 cm³/mol. The zero-order chi connectivity index (χ0) is 14.9. The second kappa shape index (κ2) is 6.03. The fourth-order valence-corrected chi connectivity index (χ4v) is 5.42. The summed E-state index contributed by atoms with van der Waals surface area (Å²) in [5.74, 6) is 0.387. The number of rotatable bonds is 3. The van der Waals surface area contributed by atoms with Gasteiger partial charge in [0.25, 0.3) is 0 Å². The van der Waals surface area contributed by atoms with Crippen molar-refractivity contribution in [1.29, 1.82) is 0 Å². The second-order valence-electron chi connectivity index (χ2n) is 5.26. The molecule has 2 atom stereocenters. The average molecular weight is 362 g/mol. The topological polar surface area (TPSA) is 46.6 Å². The zero-order valence-corrected chi connectivity index (χ0v) is 14.4. The van der Waals surface area contributed by atoms with Crippen molar-refractivity contribution in [2.45, 2.75) is 50.1 Å². The van der Waals surface area contributed by atoms with E-state index in [1.807, 2.05) is 13.8 Å². The van der Waals surface area contributed by atoms with Gasteiger partial charge < -0.3 is 4.74 Å².